The fourth-order valence-electron chi connectivity index (χ4n) is 1.50. The molecule has 2 rings (SSSR count). The molecule has 2 aromatic rings. The molecule has 0 spiro atoms. The molecule has 0 aliphatic rings. The number of nitrogens with zero attached hydrogens (tertiary/aromatic N) is 2. The minimum absolute atomic E-state index is 0.0644. The first kappa shape index (κ1) is 14.1. The number of hydrogen-bond donors (Lipinski definition) is 0. The summed E-state index contributed by atoms with van der Waals surface area (Å²) in [7, 11) is -3.79. The van der Waals surface area contributed by atoms with Gasteiger partial charge in [0.1, 0.15) is 0 Å². The normalized spacial score (nSPS) is 11.7. The van der Waals surface area contributed by atoms with Crippen LogP contribution in [-0.4, -0.2) is 14.2 Å². The Morgan fingerprint density at radius 2 is 1.55 bits per heavy atom. The van der Waals surface area contributed by atoms with Crippen molar-refractivity contribution in [3.8, 4) is 0 Å². The summed E-state index contributed by atoms with van der Waals surface area (Å²) in [5.41, 5.74) is 0.907. The maximum Gasteiger partial charge on any atom is 0.299 e. The van der Waals surface area contributed by atoms with Crippen molar-refractivity contribution in [3.63, 3.8) is 0 Å². The summed E-state index contributed by atoms with van der Waals surface area (Å²) in [4.78, 5) is 11.2. The highest BCUT2D eigenvalue weighted by Gasteiger charge is 2.11. The van der Waals surface area contributed by atoms with Gasteiger partial charge >= 0.3 is 0 Å². The molecule has 0 radical (unpaired) electrons. The van der Waals surface area contributed by atoms with Crippen molar-refractivity contribution in [3.05, 3.63) is 60.2 Å². The molecule has 0 aliphatic carbocycles. The third-order valence-corrected chi connectivity index (χ3v) is 3.74. The third kappa shape index (κ3) is 3.36. The van der Waals surface area contributed by atoms with Crippen molar-refractivity contribution in [1.82, 2.24) is 0 Å². The molecule has 5 nitrogen and oxygen atoms in total. The lowest BCUT2D eigenvalue weighted by molar-refractivity contribution is 0.101. The second kappa shape index (κ2) is 5.75. The largest absolute Gasteiger partial charge is 0.299 e. The summed E-state index contributed by atoms with van der Waals surface area (Å²) in [6.07, 6.45) is 0. The van der Waals surface area contributed by atoms with Gasteiger partial charge in [0.05, 0.1) is 10.6 Å². The van der Waals surface area contributed by atoms with E-state index < -0.39 is 10.0 Å². The minimum atomic E-state index is -3.79. The maximum absolute atomic E-state index is 11.9. The van der Waals surface area contributed by atoms with Crippen LogP contribution in [0.25, 0.3) is 0 Å². The van der Waals surface area contributed by atoms with Crippen molar-refractivity contribution in [2.24, 2.45) is 9.63 Å². The highest BCUT2D eigenvalue weighted by Crippen LogP contribution is 2.18. The first-order chi connectivity index (χ1) is 9.49. The smallest absolute Gasteiger partial charge is 0.295 e. The molecule has 0 amide bonds. The van der Waals surface area contributed by atoms with Crippen LogP contribution in [0.4, 0.5) is 5.69 Å². The summed E-state index contributed by atoms with van der Waals surface area (Å²) in [5, 5.41) is 3.68. The Hall–Kier alpha value is -2.34. The van der Waals surface area contributed by atoms with Gasteiger partial charge in [0.15, 0.2) is 5.78 Å². The molecule has 0 aliphatic heterocycles. The molecular weight excluding hydrogens is 276 g/mol. The van der Waals surface area contributed by atoms with Crippen LogP contribution in [0, 0.1) is 0 Å². The number of sulfonamides is 1. The van der Waals surface area contributed by atoms with E-state index in [-0.39, 0.29) is 10.7 Å². The highest BCUT2D eigenvalue weighted by atomic mass is 32.2. The molecule has 102 valence electrons. The number of Topliss-reactive ketones (excluding diaryl/α,β-unsaturated/α-hetero) is 1. The van der Waals surface area contributed by atoms with Gasteiger partial charge in [0, 0.05) is 5.56 Å². The van der Waals surface area contributed by atoms with Crippen LogP contribution in [0.15, 0.2) is 69.1 Å². The molecule has 0 N–H and O–H groups in total. The van der Waals surface area contributed by atoms with Crippen molar-refractivity contribution in [2.75, 3.05) is 0 Å². The average molecular weight is 288 g/mol. The second-order valence-electron chi connectivity index (χ2n) is 4.07. The predicted octanol–water partition coefficient (Wildman–Crippen LogP) is 3.36. The Balaban J connectivity index is 2.23. The molecule has 0 aromatic heterocycles. The highest BCUT2D eigenvalue weighted by molar-refractivity contribution is 7.90. The van der Waals surface area contributed by atoms with E-state index in [1.807, 2.05) is 0 Å². The van der Waals surface area contributed by atoms with E-state index in [4.69, 9.17) is 0 Å². The first-order valence-electron chi connectivity index (χ1n) is 5.83. The quantitative estimate of drug-likeness (QED) is 0.639. The third-order valence-electron chi connectivity index (χ3n) is 2.58. The van der Waals surface area contributed by atoms with Crippen LogP contribution in [0.5, 0.6) is 0 Å². The number of hydrogen-bond acceptors (Lipinski definition) is 4. The average Bonchev–Trinajstić information content (AvgIpc) is 2.46. The summed E-state index contributed by atoms with van der Waals surface area (Å²) >= 11 is 0. The van der Waals surface area contributed by atoms with Gasteiger partial charge in [-0.3, -0.25) is 4.79 Å². The number of carbonyl (C=O) groups excluding carboxylic acids is 1. The Morgan fingerprint density at radius 1 is 0.950 bits per heavy atom. The molecular formula is C14H12N2O3S. The van der Waals surface area contributed by atoms with E-state index in [0.717, 1.165) is 0 Å². The lowest BCUT2D eigenvalue weighted by Crippen LogP contribution is -1.94. The Bertz CT molecular complexity index is 736. The molecule has 2 aromatic carbocycles. The number of carbonyl (C=O) groups is 1. The molecule has 0 bridgehead atoms. The van der Waals surface area contributed by atoms with E-state index in [2.05, 4.69) is 9.63 Å². The van der Waals surface area contributed by atoms with Crippen molar-refractivity contribution >= 4 is 21.5 Å². The van der Waals surface area contributed by atoms with E-state index in [1.165, 1.54) is 19.1 Å². The lowest BCUT2D eigenvalue weighted by atomic mass is 10.1. The SMILES string of the molecule is CC(=O)c1ccc(N=NS(=O)(=O)c2ccccc2)cc1. The Morgan fingerprint density at radius 3 is 2.10 bits per heavy atom. The fraction of sp³-hybridized carbons (Fsp3) is 0.0714. The zero-order chi connectivity index (χ0) is 14.6. The van der Waals surface area contributed by atoms with E-state index in [0.29, 0.717) is 11.3 Å². The molecule has 0 atom stereocenters. The summed E-state index contributed by atoms with van der Waals surface area (Å²) in [5.74, 6) is -0.0644. The van der Waals surface area contributed by atoms with Gasteiger partial charge < -0.3 is 0 Å². The first-order valence-corrected chi connectivity index (χ1v) is 7.27. The number of benzene rings is 2. The molecule has 20 heavy (non-hydrogen) atoms. The van der Waals surface area contributed by atoms with Gasteiger partial charge in [-0.05, 0) is 43.3 Å². The fourth-order valence-corrected chi connectivity index (χ4v) is 2.30. The summed E-state index contributed by atoms with van der Waals surface area (Å²) in [6.45, 7) is 1.45. The molecule has 0 fully saturated rings. The van der Waals surface area contributed by atoms with E-state index >= 15 is 0 Å². The van der Waals surface area contributed by atoms with Crippen molar-refractivity contribution < 1.29 is 13.2 Å². The molecule has 0 saturated heterocycles. The summed E-state index contributed by atoms with van der Waals surface area (Å²) in [6, 6.07) is 14.1. The van der Waals surface area contributed by atoms with Crippen LogP contribution in [0.1, 0.15) is 17.3 Å². The molecule has 0 saturated carbocycles. The maximum atomic E-state index is 11.9. The molecule has 6 heteroatoms. The zero-order valence-corrected chi connectivity index (χ0v) is 11.5. The Kier molecular flexibility index (Phi) is 4.05. The predicted molar refractivity (Wildman–Crippen MR) is 74.6 cm³/mol. The van der Waals surface area contributed by atoms with E-state index in [1.54, 1.807) is 42.5 Å². The van der Waals surface area contributed by atoms with Crippen LogP contribution >= 0.6 is 0 Å². The number of rotatable bonds is 4. The van der Waals surface area contributed by atoms with Gasteiger partial charge in [-0.15, -0.1) is 5.11 Å². The molecule has 0 unspecified atom stereocenters. The minimum Gasteiger partial charge on any atom is -0.295 e. The van der Waals surface area contributed by atoms with Gasteiger partial charge in [0.2, 0.25) is 0 Å². The van der Waals surface area contributed by atoms with E-state index in [9.17, 15) is 13.2 Å². The van der Waals surface area contributed by atoms with Crippen molar-refractivity contribution in [2.45, 2.75) is 11.8 Å². The zero-order valence-electron chi connectivity index (χ0n) is 10.7. The van der Waals surface area contributed by atoms with Gasteiger partial charge in [-0.2, -0.15) is 8.42 Å². The summed E-state index contributed by atoms with van der Waals surface area (Å²) < 4.78 is 27.1. The second-order valence-corrected chi connectivity index (χ2v) is 5.66. The van der Waals surface area contributed by atoms with Crippen LogP contribution in [0.2, 0.25) is 0 Å². The standard InChI is InChI=1S/C14H12N2O3S/c1-11(17)12-7-9-13(10-8-12)15-16-20(18,19)14-5-3-2-4-6-14/h2-10H,1H3. The number of ketones is 1. The van der Waals surface area contributed by atoms with Gasteiger partial charge in [-0.1, -0.05) is 22.7 Å². The van der Waals surface area contributed by atoms with Gasteiger partial charge in [-0.25, -0.2) is 0 Å². The van der Waals surface area contributed by atoms with Gasteiger partial charge in [0.25, 0.3) is 10.0 Å². The lowest BCUT2D eigenvalue weighted by Gasteiger charge is -1.97. The Labute approximate surface area is 117 Å². The van der Waals surface area contributed by atoms with Crippen LogP contribution in [0.3, 0.4) is 0 Å². The van der Waals surface area contributed by atoms with Crippen LogP contribution in [-0.2, 0) is 10.0 Å². The van der Waals surface area contributed by atoms with Crippen molar-refractivity contribution in [1.29, 1.82) is 0 Å². The van der Waals surface area contributed by atoms with Crippen LogP contribution < -0.4 is 0 Å². The molecule has 0 heterocycles. The topological polar surface area (TPSA) is 75.9 Å². The monoisotopic (exact) mass is 288 g/mol.